The van der Waals surface area contributed by atoms with Crippen LogP contribution in [0, 0.1) is 0 Å². The van der Waals surface area contributed by atoms with Gasteiger partial charge in [-0.05, 0) is 24.8 Å². The van der Waals surface area contributed by atoms with Crippen LogP contribution in [0.4, 0.5) is 0 Å². The van der Waals surface area contributed by atoms with Crippen molar-refractivity contribution in [3.63, 3.8) is 0 Å². The van der Waals surface area contributed by atoms with Crippen LogP contribution in [0.15, 0.2) is 12.1 Å². The molecule has 0 unspecified atom stereocenters. The summed E-state index contributed by atoms with van der Waals surface area (Å²) in [7, 11) is 0. The van der Waals surface area contributed by atoms with E-state index in [4.69, 9.17) is 11.6 Å². The van der Waals surface area contributed by atoms with Gasteiger partial charge in [-0.1, -0.05) is 11.6 Å². The van der Waals surface area contributed by atoms with Gasteiger partial charge in [0.1, 0.15) is 0 Å². The van der Waals surface area contributed by atoms with Crippen molar-refractivity contribution >= 4 is 40.6 Å². The first-order valence-corrected chi connectivity index (χ1v) is 7.26. The van der Waals surface area contributed by atoms with E-state index in [0.29, 0.717) is 9.59 Å². The van der Waals surface area contributed by atoms with Gasteiger partial charge in [-0.2, -0.15) is 11.8 Å². The van der Waals surface area contributed by atoms with Gasteiger partial charge in [-0.15, -0.1) is 11.3 Å². The number of amides is 1. The average Bonchev–Trinajstić information content (AvgIpc) is 2.84. The third kappa shape index (κ3) is 2.49. The molecule has 1 saturated heterocycles. The Morgan fingerprint density at radius 3 is 3.00 bits per heavy atom. The summed E-state index contributed by atoms with van der Waals surface area (Å²) >= 11 is 9.01. The van der Waals surface area contributed by atoms with E-state index in [1.54, 1.807) is 6.07 Å². The van der Waals surface area contributed by atoms with Gasteiger partial charge in [-0.3, -0.25) is 4.79 Å². The van der Waals surface area contributed by atoms with E-state index in [-0.39, 0.29) is 5.91 Å². The van der Waals surface area contributed by atoms with Crippen molar-refractivity contribution in [1.29, 1.82) is 0 Å². The van der Waals surface area contributed by atoms with Crippen LogP contribution in [0.5, 0.6) is 0 Å². The number of carbonyl (C=O) groups is 1. The van der Waals surface area contributed by atoms with Gasteiger partial charge in [0.15, 0.2) is 0 Å². The predicted octanol–water partition coefficient (Wildman–Crippen LogP) is 2.98. The quantitative estimate of drug-likeness (QED) is 0.816. The van der Waals surface area contributed by atoms with Crippen LogP contribution in [0.3, 0.4) is 0 Å². The highest BCUT2D eigenvalue weighted by Crippen LogP contribution is 2.26. The third-order valence-corrected chi connectivity index (χ3v) is 4.82. The lowest BCUT2D eigenvalue weighted by atomic mass is 10.4. The summed E-state index contributed by atoms with van der Waals surface area (Å²) in [5.41, 5.74) is 0. The molecule has 0 bridgehead atoms. The molecule has 1 atom stereocenters. The maximum absolute atomic E-state index is 12.0. The number of rotatable bonds is 2. The summed E-state index contributed by atoms with van der Waals surface area (Å²) in [6.07, 6.45) is 3.20. The molecule has 1 aliphatic rings. The van der Waals surface area contributed by atoms with Crippen molar-refractivity contribution in [2.75, 3.05) is 19.3 Å². The van der Waals surface area contributed by atoms with E-state index in [0.717, 1.165) is 24.4 Å². The molecule has 1 aliphatic heterocycles. The fourth-order valence-electron chi connectivity index (χ4n) is 1.69. The Labute approximate surface area is 103 Å². The monoisotopic (exact) mass is 261 g/mol. The minimum atomic E-state index is 0.128. The molecule has 0 aromatic carbocycles. The molecule has 1 aromatic heterocycles. The van der Waals surface area contributed by atoms with Crippen molar-refractivity contribution in [3.05, 3.63) is 21.3 Å². The van der Waals surface area contributed by atoms with Crippen LogP contribution in [0.2, 0.25) is 4.34 Å². The Hall–Kier alpha value is -0.190. The molecule has 5 heteroatoms. The predicted molar refractivity (Wildman–Crippen MR) is 67.2 cm³/mol. The molecular weight excluding hydrogens is 250 g/mol. The fourth-order valence-corrected chi connectivity index (χ4v) is 3.37. The second-order valence-electron chi connectivity index (χ2n) is 3.50. The maximum atomic E-state index is 12.0. The number of hydrogen-bond donors (Lipinski definition) is 0. The number of hydrogen-bond acceptors (Lipinski definition) is 3. The van der Waals surface area contributed by atoms with Crippen molar-refractivity contribution in [3.8, 4) is 0 Å². The second-order valence-corrected chi connectivity index (χ2v) is 6.35. The van der Waals surface area contributed by atoms with Crippen LogP contribution < -0.4 is 0 Å². The normalized spacial score (nSPS) is 20.9. The minimum Gasteiger partial charge on any atom is -0.337 e. The molecule has 0 radical (unpaired) electrons. The summed E-state index contributed by atoms with van der Waals surface area (Å²) < 4.78 is 0.680. The third-order valence-electron chi connectivity index (χ3n) is 2.55. The summed E-state index contributed by atoms with van der Waals surface area (Å²) in [5, 5.41) is 0.601. The van der Waals surface area contributed by atoms with Gasteiger partial charge >= 0.3 is 0 Å². The first-order valence-electron chi connectivity index (χ1n) is 4.78. The summed E-state index contributed by atoms with van der Waals surface area (Å²) in [6.45, 7) is 1.75. The lowest BCUT2D eigenvalue weighted by molar-refractivity contribution is 0.0798. The van der Waals surface area contributed by atoms with E-state index in [2.05, 4.69) is 6.26 Å². The van der Waals surface area contributed by atoms with Crippen LogP contribution in [-0.2, 0) is 0 Å². The summed E-state index contributed by atoms with van der Waals surface area (Å²) in [4.78, 5) is 14.7. The Bertz CT molecular complexity index is 366. The van der Waals surface area contributed by atoms with Crippen molar-refractivity contribution in [2.45, 2.75) is 11.7 Å². The molecule has 15 heavy (non-hydrogen) atoms. The summed E-state index contributed by atoms with van der Waals surface area (Å²) in [5.74, 6) is 0.128. The smallest absolute Gasteiger partial charge is 0.264 e. The Morgan fingerprint density at radius 2 is 2.47 bits per heavy atom. The zero-order chi connectivity index (χ0) is 10.8. The van der Waals surface area contributed by atoms with E-state index in [1.165, 1.54) is 11.3 Å². The molecule has 1 fully saturated rings. The minimum absolute atomic E-state index is 0.128. The first-order chi connectivity index (χ1) is 7.20. The first kappa shape index (κ1) is 11.3. The molecule has 1 aromatic rings. The zero-order valence-electron chi connectivity index (χ0n) is 8.40. The SMILES string of the molecule is CS[C@H]1CCN(C(=O)c2ccc(Cl)s2)C1. The molecule has 0 N–H and O–H groups in total. The molecular formula is C10H12ClNOS2. The number of nitrogens with zero attached hydrogens (tertiary/aromatic N) is 1. The highest BCUT2D eigenvalue weighted by molar-refractivity contribution is 7.99. The van der Waals surface area contributed by atoms with Crippen LogP contribution >= 0.6 is 34.7 Å². The summed E-state index contributed by atoms with van der Waals surface area (Å²) in [6, 6.07) is 3.59. The molecule has 0 saturated carbocycles. The van der Waals surface area contributed by atoms with E-state index in [1.807, 2.05) is 22.7 Å². The average molecular weight is 262 g/mol. The fraction of sp³-hybridized carbons (Fsp3) is 0.500. The van der Waals surface area contributed by atoms with Crippen LogP contribution in [-0.4, -0.2) is 35.4 Å². The number of carbonyl (C=O) groups excluding carboxylic acids is 1. The largest absolute Gasteiger partial charge is 0.337 e. The molecule has 1 amide bonds. The highest BCUT2D eigenvalue weighted by atomic mass is 35.5. The molecule has 82 valence electrons. The highest BCUT2D eigenvalue weighted by Gasteiger charge is 2.26. The molecule has 2 nitrogen and oxygen atoms in total. The van der Waals surface area contributed by atoms with Crippen LogP contribution in [0.25, 0.3) is 0 Å². The standard InChI is InChI=1S/C10H12ClNOS2/c1-14-7-4-5-12(6-7)10(13)8-2-3-9(11)15-8/h2-3,7H,4-6H2,1H3/t7-/m0/s1. The number of likely N-dealkylation sites (tertiary alicyclic amines) is 1. The van der Waals surface area contributed by atoms with Gasteiger partial charge in [0.05, 0.1) is 9.21 Å². The van der Waals surface area contributed by atoms with Gasteiger partial charge in [0.25, 0.3) is 5.91 Å². The Balaban J connectivity index is 2.03. The topological polar surface area (TPSA) is 20.3 Å². The van der Waals surface area contributed by atoms with Gasteiger partial charge in [0, 0.05) is 18.3 Å². The number of thiophene rings is 1. The van der Waals surface area contributed by atoms with Crippen molar-refractivity contribution in [1.82, 2.24) is 4.90 Å². The molecule has 2 heterocycles. The number of thioether (sulfide) groups is 1. The van der Waals surface area contributed by atoms with Gasteiger partial charge in [0.2, 0.25) is 0 Å². The van der Waals surface area contributed by atoms with E-state index < -0.39 is 0 Å². The number of halogens is 1. The molecule has 2 rings (SSSR count). The lowest BCUT2D eigenvalue weighted by Gasteiger charge is -2.14. The maximum Gasteiger partial charge on any atom is 0.264 e. The van der Waals surface area contributed by atoms with E-state index >= 15 is 0 Å². The molecule has 0 aliphatic carbocycles. The zero-order valence-corrected chi connectivity index (χ0v) is 10.8. The Kier molecular flexibility index (Phi) is 3.59. The lowest BCUT2D eigenvalue weighted by Crippen LogP contribution is -2.28. The van der Waals surface area contributed by atoms with Gasteiger partial charge in [-0.25, -0.2) is 0 Å². The van der Waals surface area contributed by atoms with Gasteiger partial charge < -0.3 is 4.90 Å². The van der Waals surface area contributed by atoms with Crippen LogP contribution in [0.1, 0.15) is 16.1 Å². The Morgan fingerprint density at radius 1 is 1.67 bits per heavy atom. The molecule has 0 spiro atoms. The second kappa shape index (κ2) is 4.76. The van der Waals surface area contributed by atoms with Crippen molar-refractivity contribution in [2.24, 2.45) is 0 Å². The van der Waals surface area contributed by atoms with Crippen molar-refractivity contribution < 1.29 is 4.79 Å². The van der Waals surface area contributed by atoms with E-state index in [9.17, 15) is 4.79 Å².